The van der Waals surface area contributed by atoms with Gasteiger partial charge in [-0.3, -0.25) is 9.59 Å². The van der Waals surface area contributed by atoms with Crippen molar-refractivity contribution in [3.05, 3.63) is 28.0 Å². The van der Waals surface area contributed by atoms with Gasteiger partial charge in [-0.2, -0.15) is 0 Å². The fraction of sp³-hybridized carbons (Fsp3) is 0.125. The summed E-state index contributed by atoms with van der Waals surface area (Å²) >= 11 is 3.10. The number of rotatable bonds is 2. The van der Waals surface area contributed by atoms with Crippen molar-refractivity contribution in [2.24, 2.45) is 0 Å². The lowest BCUT2D eigenvalue weighted by Gasteiger charge is -1.97. The summed E-state index contributed by atoms with van der Waals surface area (Å²) in [5.41, 5.74) is 0.744. The van der Waals surface area contributed by atoms with Gasteiger partial charge in [-0.25, -0.2) is 4.98 Å². The Hall–Kier alpha value is -1.03. The van der Waals surface area contributed by atoms with Crippen molar-refractivity contribution in [2.75, 3.05) is 0 Å². The highest BCUT2D eigenvalue weighted by atomic mass is 79.9. The number of pyridine rings is 1. The lowest BCUT2D eigenvalue weighted by Crippen LogP contribution is -1.96. The second-order valence-corrected chi connectivity index (χ2v) is 3.09. The van der Waals surface area contributed by atoms with E-state index in [1.165, 1.54) is 13.0 Å². The number of ketones is 1. The molecule has 0 bridgehead atoms. The molecule has 0 saturated heterocycles. The summed E-state index contributed by atoms with van der Waals surface area (Å²) in [6, 6.07) is 3.04. The van der Waals surface area contributed by atoms with Gasteiger partial charge in [0.2, 0.25) is 0 Å². The minimum Gasteiger partial charge on any atom is -0.296 e. The summed E-state index contributed by atoms with van der Waals surface area (Å²) in [7, 11) is 0. The van der Waals surface area contributed by atoms with Crippen LogP contribution in [0.2, 0.25) is 0 Å². The van der Waals surface area contributed by atoms with Crippen molar-refractivity contribution in [1.82, 2.24) is 4.98 Å². The van der Waals surface area contributed by atoms with Crippen LogP contribution in [-0.2, 0) is 0 Å². The van der Waals surface area contributed by atoms with Crippen molar-refractivity contribution < 1.29 is 9.59 Å². The molecule has 12 heavy (non-hydrogen) atoms. The van der Waals surface area contributed by atoms with E-state index in [4.69, 9.17) is 0 Å². The second kappa shape index (κ2) is 3.58. The number of aromatic nitrogens is 1. The molecule has 0 aromatic carbocycles. The van der Waals surface area contributed by atoms with Crippen LogP contribution in [0.3, 0.4) is 0 Å². The number of hydrogen-bond acceptors (Lipinski definition) is 3. The molecular formula is C8H6BrNO2. The molecule has 0 aliphatic heterocycles. The number of aldehydes is 1. The Kier molecular flexibility index (Phi) is 2.70. The summed E-state index contributed by atoms with van der Waals surface area (Å²) < 4.78 is 0.498. The van der Waals surface area contributed by atoms with Crippen LogP contribution < -0.4 is 0 Å². The third-order valence-corrected chi connectivity index (χ3v) is 1.75. The number of nitrogens with zero attached hydrogens (tertiary/aromatic N) is 1. The van der Waals surface area contributed by atoms with E-state index in [1.54, 1.807) is 6.07 Å². The third-order valence-electron chi connectivity index (χ3n) is 1.34. The summed E-state index contributed by atoms with van der Waals surface area (Å²) in [6.45, 7) is 1.44. The van der Waals surface area contributed by atoms with E-state index >= 15 is 0 Å². The maximum atomic E-state index is 10.9. The number of hydrogen-bond donors (Lipinski definition) is 0. The predicted octanol–water partition coefficient (Wildman–Crippen LogP) is 1.86. The van der Waals surface area contributed by atoms with Crippen LogP contribution in [0.1, 0.15) is 27.8 Å². The summed E-state index contributed by atoms with van der Waals surface area (Å²) in [5, 5.41) is 0. The van der Waals surface area contributed by atoms with Gasteiger partial charge in [-0.1, -0.05) is 0 Å². The first-order chi connectivity index (χ1) is 5.63. The zero-order valence-electron chi connectivity index (χ0n) is 6.37. The highest BCUT2D eigenvalue weighted by Gasteiger charge is 2.03. The molecule has 0 radical (unpaired) electrons. The molecule has 0 amide bonds. The van der Waals surface area contributed by atoms with E-state index < -0.39 is 0 Å². The lowest BCUT2D eigenvalue weighted by molar-refractivity contribution is 0.101. The van der Waals surface area contributed by atoms with Crippen LogP contribution in [-0.4, -0.2) is 17.1 Å². The zero-order valence-corrected chi connectivity index (χ0v) is 7.96. The van der Waals surface area contributed by atoms with E-state index in [0.717, 1.165) is 0 Å². The molecule has 1 aromatic heterocycles. The van der Waals surface area contributed by atoms with Gasteiger partial charge in [0.1, 0.15) is 10.3 Å². The van der Waals surface area contributed by atoms with Crippen LogP contribution in [0.25, 0.3) is 0 Å². The molecule has 0 saturated carbocycles. The molecule has 0 N–H and O–H groups in total. The summed E-state index contributed by atoms with van der Waals surface area (Å²) in [4.78, 5) is 25.1. The Morgan fingerprint density at radius 2 is 2.25 bits per heavy atom. The molecule has 0 aliphatic carbocycles. The predicted molar refractivity (Wildman–Crippen MR) is 47.3 cm³/mol. The van der Waals surface area contributed by atoms with Gasteiger partial charge >= 0.3 is 0 Å². The van der Waals surface area contributed by atoms with Crippen LogP contribution >= 0.6 is 15.9 Å². The average Bonchev–Trinajstić information content (AvgIpc) is 2.03. The molecule has 0 aliphatic rings. The van der Waals surface area contributed by atoms with Crippen molar-refractivity contribution in [2.45, 2.75) is 6.92 Å². The Bertz CT molecular complexity index is 336. The standard InChI is InChI=1S/C8H6BrNO2/c1-5(12)6-2-7(4-11)10-8(9)3-6/h2-4H,1H3. The van der Waals surface area contributed by atoms with Gasteiger partial charge < -0.3 is 0 Å². The van der Waals surface area contributed by atoms with Crippen LogP contribution in [0, 0.1) is 0 Å². The van der Waals surface area contributed by atoms with Crippen molar-refractivity contribution >= 4 is 28.0 Å². The Morgan fingerprint density at radius 3 is 2.75 bits per heavy atom. The zero-order chi connectivity index (χ0) is 9.14. The molecular weight excluding hydrogens is 222 g/mol. The molecule has 0 fully saturated rings. The van der Waals surface area contributed by atoms with Crippen molar-refractivity contribution in [3.63, 3.8) is 0 Å². The molecule has 3 nitrogen and oxygen atoms in total. The van der Waals surface area contributed by atoms with Crippen molar-refractivity contribution in [1.29, 1.82) is 0 Å². The number of halogens is 1. The first kappa shape index (κ1) is 9.06. The monoisotopic (exact) mass is 227 g/mol. The second-order valence-electron chi connectivity index (χ2n) is 2.28. The topological polar surface area (TPSA) is 47.0 Å². The third kappa shape index (κ3) is 1.98. The molecule has 1 rings (SSSR count). The Balaban J connectivity index is 3.23. The highest BCUT2D eigenvalue weighted by Crippen LogP contribution is 2.10. The maximum absolute atomic E-state index is 10.9. The van der Waals surface area contributed by atoms with E-state index in [-0.39, 0.29) is 11.5 Å². The smallest absolute Gasteiger partial charge is 0.168 e. The molecule has 0 spiro atoms. The fourth-order valence-electron chi connectivity index (χ4n) is 0.781. The van der Waals surface area contributed by atoms with Crippen LogP contribution in [0.15, 0.2) is 16.7 Å². The maximum Gasteiger partial charge on any atom is 0.168 e. The van der Waals surface area contributed by atoms with Crippen LogP contribution in [0.5, 0.6) is 0 Å². The quantitative estimate of drug-likeness (QED) is 0.441. The molecule has 62 valence electrons. The minimum atomic E-state index is -0.0822. The van der Waals surface area contributed by atoms with E-state index in [9.17, 15) is 9.59 Å². The SMILES string of the molecule is CC(=O)c1cc(Br)nc(C=O)c1. The fourth-order valence-corrected chi connectivity index (χ4v) is 1.23. The van der Waals surface area contributed by atoms with Gasteiger partial charge in [0.25, 0.3) is 0 Å². The summed E-state index contributed by atoms with van der Waals surface area (Å²) in [6.07, 6.45) is 0.608. The first-order valence-corrected chi connectivity index (χ1v) is 4.06. The number of Topliss-reactive ketones (excluding diaryl/α,β-unsaturated/α-hetero) is 1. The molecule has 0 atom stereocenters. The van der Waals surface area contributed by atoms with Gasteiger partial charge in [-0.15, -0.1) is 0 Å². The largest absolute Gasteiger partial charge is 0.296 e. The highest BCUT2D eigenvalue weighted by molar-refractivity contribution is 9.10. The lowest BCUT2D eigenvalue weighted by atomic mass is 10.2. The Morgan fingerprint density at radius 1 is 1.58 bits per heavy atom. The molecule has 1 heterocycles. The van der Waals surface area contributed by atoms with E-state index in [0.29, 0.717) is 16.5 Å². The average molecular weight is 228 g/mol. The van der Waals surface area contributed by atoms with E-state index in [1.807, 2.05) is 0 Å². The van der Waals surface area contributed by atoms with Gasteiger partial charge in [0, 0.05) is 5.56 Å². The van der Waals surface area contributed by atoms with Crippen LogP contribution in [0.4, 0.5) is 0 Å². The van der Waals surface area contributed by atoms with Gasteiger partial charge in [0.05, 0.1) is 0 Å². The number of carbonyl (C=O) groups is 2. The molecule has 1 aromatic rings. The number of carbonyl (C=O) groups excluding carboxylic acids is 2. The van der Waals surface area contributed by atoms with Gasteiger partial charge in [-0.05, 0) is 35.0 Å². The van der Waals surface area contributed by atoms with Gasteiger partial charge in [0.15, 0.2) is 12.1 Å². The normalized spacial score (nSPS) is 9.50. The van der Waals surface area contributed by atoms with Crippen molar-refractivity contribution in [3.8, 4) is 0 Å². The summed E-state index contributed by atoms with van der Waals surface area (Å²) in [5.74, 6) is -0.0822. The molecule has 4 heteroatoms. The minimum absolute atomic E-state index is 0.0822. The first-order valence-electron chi connectivity index (χ1n) is 3.27. The van der Waals surface area contributed by atoms with E-state index in [2.05, 4.69) is 20.9 Å². The molecule has 0 unspecified atom stereocenters. The Labute approximate surface area is 77.9 Å².